The molecule has 0 saturated carbocycles. The first kappa shape index (κ1) is 16.9. The number of hydrogen-bond donors (Lipinski definition) is 1. The van der Waals surface area contributed by atoms with Gasteiger partial charge >= 0.3 is 0 Å². The maximum absolute atomic E-state index is 11.8. The monoisotopic (exact) mass is 310 g/mol. The molecule has 1 saturated heterocycles. The molecule has 0 bridgehead atoms. The zero-order chi connectivity index (χ0) is 16.3. The number of rotatable bonds is 5. The number of piperazine rings is 1. The largest absolute Gasteiger partial charge is 0.424 e. The van der Waals surface area contributed by atoms with Gasteiger partial charge in [0, 0.05) is 32.6 Å². The Morgan fingerprint density at radius 3 is 2.36 bits per heavy atom. The summed E-state index contributed by atoms with van der Waals surface area (Å²) in [6.45, 7) is 10.5. The number of aliphatic hydroxyl groups is 1. The van der Waals surface area contributed by atoms with Gasteiger partial charge in [-0.1, -0.05) is 13.8 Å². The predicted molar refractivity (Wildman–Crippen MR) is 81.1 cm³/mol. The fraction of sp³-hybridized carbons (Fsp3) is 0.800. The predicted octanol–water partition coefficient (Wildman–Crippen LogP) is 0.854. The van der Waals surface area contributed by atoms with Crippen LogP contribution in [0.25, 0.3) is 0 Å². The van der Waals surface area contributed by atoms with Gasteiger partial charge in [-0.2, -0.15) is 0 Å². The molecule has 0 radical (unpaired) electrons. The molecular weight excluding hydrogens is 284 g/mol. The molecule has 2 rings (SSSR count). The third kappa shape index (κ3) is 4.04. The number of aromatic nitrogens is 2. The lowest BCUT2D eigenvalue weighted by atomic mass is 10.1. The summed E-state index contributed by atoms with van der Waals surface area (Å²) >= 11 is 0. The van der Waals surface area contributed by atoms with Gasteiger partial charge in [0.25, 0.3) is 5.91 Å². The van der Waals surface area contributed by atoms with E-state index in [9.17, 15) is 9.90 Å². The molecule has 1 N–H and O–H groups in total. The van der Waals surface area contributed by atoms with Crippen LogP contribution in [-0.2, 0) is 11.2 Å². The van der Waals surface area contributed by atoms with Crippen LogP contribution in [0.15, 0.2) is 4.42 Å². The van der Waals surface area contributed by atoms with Gasteiger partial charge in [0.15, 0.2) is 0 Å². The third-order valence-corrected chi connectivity index (χ3v) is 3.95. The molecule has 1 fully saturated rings. The van der Waals surface area contributed by atoms with E-state index in [4.69, 9.17) is 4.42 Å². The van der Waals surface area contributed by atoms with E-state index in [-0.39, 0.29) is 11.9 Å². The molecule has 1 aliphatic heterocycles. The molecule has 124 valence electrons. The summed E-state index contributed by atoms with van der Waals surface area (Å²) in [7, 11) is 0. The highest BCUT2D eigenvalue weighted by atomic mass is 16.4. The highest BCUT2D eigenvalue weighted by molar-refractivity contribution is 5.80. The van der Waals surface area contributed by atoms with Crippen LogP contribution in [0.5, 0.6) is 0 Å². The smallest absolute Gasteiger partial charge is 0.251 e. The molecule has 7 nitrogen and oxygen atoms in total. The van der Waals surface area contributed by atoms with Crippen molar-refractivity contribution in [3.05, 3.63) is 11.8 Å². The van der Waals surface area contributed by atoms with E-state index in [1.54, 1.807) is 4.90 Å². The summed E-state index contributed by atoms with van der Waals surface area (Å²) < 4.78 is 5.74. The van der Waals surface area contributed by atoms with Gasteiger partial charge in [0.1, 0.15) is 6.10 Å². The molecule has 2 atom stereocenters. The van der Waals surface area contributed by atoms with Gasteiger partial charge in [0.05, 0.1) is 6.04 Å². The van der Waals surface area contributed by atoms with E-state index >= 15 is 0 Å². The molecule has 1 aromatic heterocycles. The second-order valence-corrected chi connectivity index (χ2v) is 6.35. The van der Waals surface area contributed by atoms with Gasteiger partial charge < -0.3 is 14.4 Å². The lowest BCUT2D eigenvalue weighted by Crippen LogP contribution is -2.51. The molecule has 0 aliphatic carbocycles. The van der Waals surface area contributed by atoms with Crippen LogP contribution in [0.2, 0.25) is 0 Å². The first-order valence-electron chi connectivity index (χ1n) is 7.91. The second kappa shape index (κ2) is 7.19. The maximum atomic E-state index is 11.8. The van der Waals surface area contributed by atoms with Gasteiger partial charge in [0.2, 0.25) is 11.8 Å². The van der Waals surface area contributed by atoms with Crippen LogP contribution in [0.1, 0.15) is 45.5 Å². The zero-order valence-corrected chi connectivity index (χ0v) is 13.8. The van der Waals surface area contributed by atoms with E-state index < -0.39 is 6.10 Å². The topological polar surface area (TPSA) is 82.7 Å². The van der Waals surface area contributed by atoms with Crippen molar-refractivity contribution >= 4 is 5.91 Å². The Morgan fingerprint density at radius 1 is 1.18 bits per heavy atom. The Hall–Kier alpha value is -1.47. The molecule has 1 aliphatic rings. The Kier molecular flexibility index (Phi) is 5.52. The van der Waals surface area contributed by atoms with E-state index in [2.05, 4.69) is 28.9 Å². The number of amides is 1. The number of nitrogens with zero attached hydrogens (tertiary/aromatic N) is 4. The zero-order valence-electron chi connectivity index (χ0n) is 13.8. The molecular formula is C15H26N4O3. The standard InChI is InChI=1S/C15H26N4O3/c1-10(2)9-13-16-17-14(22-13)11(3)18-5-7-19(8-6-18)15(21)12(4)20/h10-12,20H,5-9H2,1-4H3. The van der Waals surface area contributed by atoms with Crippen molar-refractivity contribution in [3.8, 4) is 0 Å². The van der Waals surface area contributed by atoms with Crippen molar-refractivity contribution in [2.45, 2.75) is 46.3 Å². The van der Waals surface area contributed by atoms with E-state index in [0.29, 0.717) is 30.8 Å². The van der Waals surface area contributed by atoms with Crippen LogP contribution in [0, 0.1) is 5.92 Å². The summed E-state index contributed by atoms with van der Waals surface area (Å²) in [5, 5.41) is 17.6. The molecule has 1 amide bonds. The van der Waals surface area contributed by atoms with Crippen molar-refractivity contribution in [1.82, 2.24) is 20.0 Å². The van der Waals surface area contributed by atoms with Gasteiger partial charge in [-0.3, -0.25) is 9.69 Å². The van der Waals surface area contributed by atoms with E-state index in [1.807, 2.05) is 6.92 Å². The minimum absolute atomic E-state index is 0.0391. The average molecular weight is 310 g/mol. The molecule has 2 heterocycles. The van der Waals surface area contributed by atoms with E-state index in [0.717, 1.165) is 19.5 Å². The Bertz CT molecular complexity index is 493. The van der Waals surface area contributed by atoms with Crippen molar-refractivity contribution in [1.29, 1.82) is 0 Å². The number of aliphatic hydroxyl groups excluding tert-OH is 1. The highest BCUT2D eigenvalue weighted by Crippen LogP contribution is 2.21. The van der Waals surface area contributed by atoms with Gasteiger partial charge in [-0.05, 0) is 19.8 Å². The summed E-state index contributed by atoms with van der Waals surface area (Å²) in [6, 6.07) is 0.0391. The summed E-state index contributed by atoms with van der Waals surface area (Å²) in [6.07, 6.45) is -0.144. The minimum atomic E-state index is -0.932. The van der Waals surface area contributed by atoms with Gasteiger partial charge in [-0.25, -0.2) is 0 Å². The maximum Gasteiger partial charge on any atom is 0.251 e. The molecule has 22 heavy (non-hydrogen) atoms. The van der Waals surface area contributed by atoms with Crippen LogP contribution in [-0.4, -0.2) is 63.3 Å². The lowest BCUT2D eigenvalue weighted by Gasteiger charge is -2.37. The molecule has 2 unspecified atom stereocenters. The summed E-state index contributed by atoms with van der Waals surface area (Å²) in [5.41, 5.74) is 0. The molecule has 7 heteroatoms. The summed E-state index contributed by atoms with van der Waals surface area (Å²) in [5.74, 6) is 1.59. The molecule has 1 aromatic rings. The fourth-order valence-electron chi connectivity index (χ4n) is 2.62. The van der Waals surface area contributed by atoms with Crippen molar-refractivity contribution < 1.29 is 14.3 Å². The second-order valence-electron chi connectivity index (χ2n) is 6.35. The highest BCUT2D eigenvalue weighted by Gasteiger charge is 2.28. The minimum Gasteiger partial charge on any atom is -0.424 e. The lowest BCUT2D eigenvalue weighted by molar-refractivity contribution is -0.141. The molecule has 0 spiro atoms. The van der Waals surface area contributed by atoms with Crippen molar-refractivity contribution in [3.63, 3.8) is 0 Å². The number of carbonyl (C=O) groups excluding carboxylic acids is 1. The van der Waals surface area contributed by atoms with Gasteiger partial charge in [-0.15, -0.1) is 10.2 Å². The Morgan fingerprint density at radius 2 is 1.82 bits per heavy atom. The SMILES string of the molecule is CC(C)Cc1nnc(C(C)N2CCN(C(=O)C(C)O)CC2)o1. The van der Waals surface area contributed by atoms with Crippen LogP contribution >= 0.6 is 0 Å². The van der Waals surface area contributed by atoms with Crippen molar-refractivity contribution in [2.24, 2.45) is 5.92 Å². The van der Waals surface area contributed by atoms with Crippen LogP contribution in [0.4, 0.5) is 0 Å². The quantitative estimate of drug-likeness (QED) is 0.868. The average Bonchev–Trinajstić information content (AvgIpc) is 2.93. The number of carbonyl (C=O) groups is 1. The van der Waals surface area contributed by atoms with Crippen LogP contribution < -0.4 is 0 Å². The Labute approximate surface area is 131 Å². The summed E-state index contributed by atoms with van der Waals surface area (Å²) in [4.78, 5) is 15.7. The van der Waals surface area contributed by atoms with Crippen LogP contribution in [0.3, 0.4) is 0 Å². The number of hydrogen-bond acceptors (Lipinski definition) is 6. The normalized spacial score (nSPS) is 19.5. The first-order chi connectivity index (χ1) is 10.4. The third-order valence-electron chi connectivity index (χ3n) is 3.95. The van der Waals surface area contributed by atoms with E-state index in [1.165, 1.54) is 6.92 Å². The first-order valence-corrected chi connectivity index (χ1v) is 7.91. The fourth-order valence-corrected chi connectivity index (χ4v) is 2.62. The van der Waals surface area contributed by atoms with Crippen molar-refractivity contribution in [2.75, 3.05) is 26.2 Å². The Balaban J connectivity index is 1.90. The molecule has 0 aromatic carbocycles.